The molecule has 0 amide bonds. The first-order valence-corrected chi connectivity index (χ1v) is 20.2. The zero-order chi connectivity index (χ0) is 30.3. The molecule has 0 aromatic heterocycles. The average Bonchev–Trinajstić information content (AvgIpc) is 3.76. The molecule has 12 nitrogen and oxygen atoms in total. The molecule has 17 atom stereocenters. The van der Waals surface area contributed by atoms with Crippen LogP contribution in [0.15, 0.2) is 0 Å². The molecule has 254 valence electrons. The SMILES string of the molecule is O=P(O)(O)OC1CCCC2C3NC4NC(NC5NC(NC6NC(NC(N3)C12)C1CCCCC61)C1CCCCC51)C1CCCCC41. The standard InChI is InChI=1S/C32H57N8O4P/c41-45(42,43)44-23-15-7-14-22-24(23)32-39-30-21-13-6-5-12-20(21)28(37-30)35-26-17-9-2-1-8-16(17)25(33-26)34-27-18-10-3-4-11-19(18)29(36-27)38-31(22)40-32/h16-40H,1-15H2,(H2,41,42,43). The molecule has 0 spiro atoms. The van der Waals surface area contributed by atoms with Crippen LogP contribution in [0.25, 0.3) is 0 Å². The second-order valence-corrected chi connectivity index (χ2v) is 17.5. The van der Waals surface area contributed by atoms with Crippen LogP contribution in [-0.4, -0.2) is 65.2 Å². The van der Waals surface area contributed by atoms with Crippen LogP contribution >= 0.6 is 7.82 Å². The zero-order valence-electron chi connectivity index (χ0n) is 26.6. The van der Waals surface area contributed by atoms with E-state index < -0.39 is 13.9 Å². The number of fused-ring (bicyclic) bond motifs is 20. The van der Waals surface area contributed by atoms with Crippen molar-refractivity contribution in [3.8, 4) is 0 Å². The normalized spacial score (nSPS) is 54.6. The van der Waals surface area contributed by atoms with Gasteiger partial charge < -0.3 is 9.79 Å². The van der Waals surface area contributed by atoms with E-state index >= 15 is 0 Å². The van der Waals surface area contributed by atoms with E-state index in [0.29, 0.717) is 54.3 Å². The van der Waals surface area contributed by atoms with Crippen molar-refractivity contribution < 1.29 is 18.9 Å². The van der Waals surface area contributed by atoms with Crippen LogP contribution in [0.1, 0.15) is 96.3 Å². The lowest BCUT2D eigenvalue weighted by Crippen LogP contribution is -2.62. The molecule has 0 aromatic rings. The number of hydrogen-bond donors (Lipinski definition) is 10. The van der Waals surface area contributed by atoms with Gasteiger partial charge in [-0.05, 0) is 92.8 Å². The quantitative estimate of drug-likeness (QED) is 0.198. The fourth-order valence-corrected chi connectivity index (χ4v) is 12.9. The van der Waals surface area contributed by atoms with Crippen LogP contribution in [0.4, 0.5) is 0 Å². The Morgan fingerprint density at radius 1 is 0.400 bits per heavy atom. The van der Waals surface area contributed by atoms with Gasteiger partial charge in [0.25, 0.3) is 0 Å². The molecule has 0 radical (unpaired) electrons. The first kappa shape index (κ1) is 30.8. The number of nitrogens with one attached hydrogen (secondary N) is 8. The molecule has 9 fully saturated rings. The molecule has 5 saturated heterocycles. The fraction of sp³-hybridized carbons (Fsp3) is 1.00. The van der Waals surface area contributed by atoms with Crippen molar-refractivity contribution >= 4 is 7.82 Å². The van der Waals surface area contributed by atoms with Gasteiger partial charge in [0, 0.05) is 5.92 Å². The Labute approximate surface area is 268 Å². The summed E-state index contributed by atoms with van der Waals surface area (Å²) in [5.41, 5.74) is 0. The predicted molar refractivity (Wildman–Crippen MR) is 169 cm³/mol. The Morgan fingerprint density at radius 2 is 0.689 bits per heavy atom. The third-order valence-corrected chi connectivity index (χ3v) is 14.6. The third-order valence-electron chi connectivity index (χ3n) is 14.1. The molecular formula is C32H57N8O4P. The molecule has 9 aliphatic rings. The average molecular weight is 649 g/mol. The van der Waals surface area contributed by atoms with E-state index in [9.17, 15) is 14.4 Å². The van der Waals surface area contributed by atoms with Gasteiger partial charge in [-0.25, -0.2) is 4.57 Å². The van der Waals surface area contributed by atoms with Crippen molar-refractivity contribution in [1.82, 2.24) is 42.5 Å². The second kappa shape index (κ2) is 12.3. The van der Waals surface area contributed by atoms with Crippen LogP contribution in [0.2, 0.25) is 0 Å². The van der Waals surface area contributed by atoms with E-state index in [4.69, 9.17) is 4.52 Å². The van der Waals surface area contributed by atoms with Crippen LogP contribution in [0, 0.1) is 47.3 Å². The van der Waals surface area contributed by atoms with Crippen LogP contribution in [-0.2, 0) is 9.09 Å². The lowest BCUT2D eigenvalue weighted by Gasteiger charge is -2.39. The van der Waals surface area contributed by atoms with Gasteiger partial charge in [0.05, 0.1) is 55.4 Å². The summed E-state index contributed by atoms with van der Waals surface area (Å²) in [6.45, 7) is 0. The maximum absolute atomic E-state index is 12.2. The van der Waals surface area contributed by atoms with Gasteiger partial charge in [-0.3, -0.25) is 47.1 Å². The van der Waals surface area contributed by atoms with Crippen LogP contribution in [0.5, 0.6) is 0 Å². The number of phosphoric ester groups is 1. The van der Waals surface area contributed by atoms with Crippen molar-refractivity contribution in [2.24, 2.45) is 47.3 Å². The van der Waals surface area contributed by atoms with Crippen LogP contribution < -0.4 is 42.5 Å². The molecule has 0 aromatic carbocycles. The smallest absolute Gasteiger partial charge is 0.303 e. The largest absolute Gasteiger partial charge is 0.469 e. The molecule has 10 N–H and O–H groups in total. The summed E-state index contributed by atoms with van der Waals surface area (Å²) in [4.78, 5) is 19.8. The lowest BCUT2D eigenvalue weighted by atomic mass is 9.75. The summed E-state index contributed by atoms with van der Waals surface area (Å²) in [7, 11) is -4.61. The van der Waals surface area contributed by atoms with Gasteiger partial charge in [0.1, 0.15) is 0 Å². The zero-order valence-corrected chi connectivity index (χ0v) is 27.5. The molecular weight excluding hydrogens is 591 g/mol. The van der Waals surface area contributed by atoms with E-state index in [2.05, 4.69) is 42.5 Å². The van der Waals surface area contributed by atoms with E-state index in [1.165, 1.54) is 77.0 Å². The van der Waals surface area contributed by atoms with Gasteiger partial charge in [-0.15, -0.1) is 0 Å². The monoisotopic (exact) mass is 648 g/mol. The topological polar surface area (TPSA) is 163 Å². The Hall–Kier alpha value is -0.210. The number of rotatable bonds is 2. The first-order chi connectivity index (χ1) is 21.9. The first-order valence-electron chi connectivity index (χ1n) is 18.7. The Bertz CT molecular complexity index is 1130. The van der Waals surface area contributed by atoms with E-state index in [1.807, 2.05) is 0 Å². The van der Waals surface area contributed by atoms with Crippen molar-refractivity contribution in [2.75, 3.05) is 0 Å². The molecule has 17 unspecified atom stereocenters. The van der Waals surface area contributed by atoms with Crippen molar-refractivity contribution in [2.45, 2.75) is 152 Å². The molecule has 8 bridgehead atoms. The highest BCUT2D eigenvalue weighted by Gasteiger charge is 2.56. The maximum atomic E-state index is 12.2. The Morgan fingerprint density at radius 3 is 1.02 bits per heavy atom. The van der Waals surface area contributed by atoms with Crippen molar-refractivity contribution in [3.63, 3.8) is 0 Å². The van der Waals surface area contributed by atoms with Crippen molar-refractivity contribution in [3.05, 3.63) is 0 Å². The molecule has 5 heterocycles. The van der Waals surface area contributed by atoms with E-state index in [0.717, 1.165) is 12.8 Å². The molecule has 45 heavy (non-hydrogen) atoms. The second-order valence-electron chi connectivity index (χ2n) is 16.3. The summed E-state index contributed by atoms with van der Waals surface area (Å²) in [6.07, 6.45) is 19.0. The Kier molecular flexibility index (Phi) is 8.41. The minimum atomic E-state index is -4.61. The summed E-state index contributed by atoms with van der Waals surface area (Å²) >= 11 is 0. The summed E-state index contributed by atoms with van der Waals surface area (Å²) < 4.78 is 17.7. The summed E-state index contributed by atoms with van der Waals surface area (Å²) in [6, 6.07) is 0. The van der Waals surface area contributed by atoms with Crippen LogP contribution in [0.3, 0.4) is 0 Å². The molecule has 4 saturated carbocycles. The third kappa shape index (κ3) is 5.70. The molecule has 13 heteroatoms. The van der Waals surface area contributed by atoms with Crippen molar-refractivity contribution in [1.29, 1.82) is 0 Å². The maximum Gasteiger partial charge on any atom is 0.469 e. The summed E-state index contributed by atoms with van der Waals surface area (Å²) in [5, 5.41) is 32.7. The summed E-state index contributed by atoms with van der Waals surface area (Å²) in [5.74, 6) is 3.80. The molecule has 9 rings (SSSR count). The minimum Gasteiger partial charge on any atom is -0.303 e. The van der Waals surface area contributed by atoms with Gasteiger partial charge in [0.2, 0.25) is 0 Å². The minimum absolute atomic E-state index is 0.0198. The van der Waals surface area contributed by atoms with Gasteiger partial charge >= 0.3 is 7.82 Å². The highest BCUT2D eigenvalue weighted by atomic mass is 31.2. The highest BCUT2D eigenvalue weighted by Crippen LogP contribution is 2.49. The van der Waals surface area contributed by atoms with E-state index in [-0.39, 0.29) is 48.8 Å². The molecule has 4 aliphatic carbocycles. The van der Waals surface area contributed by atoms with Gasteiger partial charge in [-0.2, -0.15) is 0 Å². The van der Waals surface area contributed by atoms with Gasteiger partial charge in [0.15, 0.2) is 0 Å². The van der Waals surface area contributed by atoms with E-state index in [1.54, 1.807) is 0 Å². The predicted octanol–water partition coefficient (Wildman–Crippen LogP) is 1.69. The number of phosphoric acid groups is 1. The fourth-order valence-electron chi connectivity index (χ4n) is 12.3. The number of hydrogen-bond acceptors (Lipinski definition) is 10. The van der Waals surface area contributed by atoms with Gasteiger partial charge in [-0.1, -0.05) is 44.9 Å². The molecule has 5 aliphatic heterocycles. The highest BCUT2D eigenvalue weighted by molar-refractivity contribution is 7.46. The Balaban J connectivity index is 1.06. The lowest BCUT2D eigenvalue weighted by molar-refractivity contribution is 0.0213.